The van der Waals surface area contributed by atoms with E-state index in [0.29, 0.717) is 0 Å². The number of aryl methyl sites for hydroxylation is 6. The van der Waals surface area contributed by atoms with Gasteiger partial charge in [0.2, 0.25) is 0 Å². The molecular formula is C42H48SiZr. The fourth-order valence-electron chi connectivity index (χ4n) is 6.45. The Labute approximate surface area is 288 Å². The van der Waals surface area contributed by atoms with Crippen molar-refractivity contribution in [2.24, 2.45) is 0 Å². The minimum Gasteiger partial charge on any atom is -0.165 e. The summed E-state index contributed by atoms with van der Waals surface area (Å²) in [6.07, 6.45) is 0. The first-order chi connectivity index (χ1) is 20.4. The Balaban J connectivity index is 0.000000216. The van der Waals surface area contributed by atoms with Gasteiger partial charge in [0, 0.05) is 9.52 Å². The molecule has 2 radical (unpaired) electrons. The number of benzene rings is 4. The minimum atomic E-state index is 0. The fourth-order valence-corrected chi connectivity index (χ4v) is 6.45. The van der Waals surface area contributed by atoms with E-state index in [4.69, 9.17) is 0 Å². The zero-order valence-electron chi connectivity index (χ0n) is 28.9. The quantitative estimate of drug-likeness (QED) is 0.127. The van der Waals surface area contributed by atoms with Gasteiger partial charge in [0.1, 0.15) is 0 Å². The first kappa shape index (κ1) is 35.7. The molecule has 0 saturated carbocycles. The van der Waals surface area contributed by atoms with Crippen LogP contribution in [0.2, 0.25) is 13.1 Å². The van der Waals surface area contributed by atoms with Crippen molar-refractivity contribution in [2.45, 2.75) is 82.3 Å². The third-order valence-electron chi connectivity index (χ3n) is 9.06. The number of hydrogen-bond acceptors (Lipinski definition) is 0. The van der Waals surface area contributed by atoms with Crippen LogP contribution in [-0.2, 0) is 26.2 Å². The summed E-state index contributed by atoms with van der Waals surface area (Å²) in [5.41, 5.74) is 19.4. The van der Waals surface area contributed by atoms with Crippen molar-refractivity contribution >= 4 is 31.1 Å². The van der Waals surface area contributed by atoms with Gasteiger partial charge in [-0.1, -0.05) is 62.3 Å². The van der Waals surface area contributed by atoms with E-state index in [1.54, 1.807) is 0 Å². The maximum Gasteiger partial charge on any atom is 2.00 e. The van der Waals surface area contributed by atoms with Gasteiger partial charge in [-0.05, 0) is 111 Å². The first-order valence-corrected chi connectivity index (χ1v) is 17.5. The second-order valence-corrected chi connectivity index (χ2v) is 13.5. The first-order valence-electron chi connectivity index (χ1n) is 15.5. The second kappa shape index (κ2) is 15.0. The average Bonchev–Trinajstić information content (AvgIpc) is 3.53. The van der Waals surface area contributed by atoms with Crippen LogP contribution >= 0.6 is 0 Å². The molecule has 6 aromatic rings. The van der Waals surface area contributed by atoms with Crippen molar-refractivity contribution in [3.8, 4) is 22.3 Å². The second-order valence-electron chi connectivity index (χ2n) is 12.5. The molecule has 0 aliphatic rings. The molecule has 0 spiro atoms. The van der Waals surface area contributed by atoms with Crippen LogP contribution in [0.3, 0.4) is 0 Å². The van der Waals surface area contributed by atoms with Crippen LogP contribution in [0.15, 0.2) is 72.8 Å². The minimum absolute atomic E-state index is 0. The Hall–Kier alpha value is -2.80. The van der Waals surface area contributed by atoms with Crippen LogP contribution < -0.4 is 0 Å². The molecule has 0 aromatic heterocycles. The molecule has 0 fully saturated rings. The molecule has 6 aromatic carbocycles. The van der Waals surface area contributed by atoms with Gasteiger partial charge in [-0.2, -0.15) is 12.1 Å². The molecule has 0 nitrogen and oxygen atoms in total. The SMILES string of the molecule is C[Si]C.Cc1cc2c(-c3c(C)c(C)cc(C)c3C)cccc2[cH-]1.Cc1cc2c(-c3c(C)c(C)cc(C)c3C)cccc2[cH-]1.[Zr+2]. The van der Waals surface area contributed by atoms with Crippen LogP contribution in [0.25, 0.3) is 43.8 Å². The summed E-state index contributed by atoms with van der Waals surface area (Å²) >= 11 is 0. The molecule has 0 N–H and O–H groups in total. The van der Waals surface area contributed by atoms with Crippen molar-refractivity contribution in [2.75, 3.05) is 0 Å². The number of fused-ring (bicyclic) bond motifs is 2. The Morgan fingerprint density at radius 2 is 0.750 bits per heavy atom. The maximum atomic E-state index is 2.31. The van der Waals surface area contributed by atoms with Gasteiger partial charge in [-0.15, -0.1) is 69.1 Å². The summed E-state index contributed by atoms with van der Waals surface area (Å²) in [7, 11) is 1.08. The predicted molar refractivity (Wildman–Crippen MR) is 195 cm³/mol. The van der Waals surface area contributed by atoms with Crippen molar-refractivity contribution in [1.82, 2.24) is 0 Å². The van der Waals surface area contributed by atoms with E-state index in [0.717, 1.165) is 9.52 Å². The van der Waals surface area contributed by atoms with E-state index in [1.165, 1.54) is 99.4 Å². The molecule has 0 aliphatic heterocycles. The van der Waals surface area contributed by atoms with E-state index < -0.39 is 0 Å². The van der Waals surface area contributed by atoms with E-state index >= 15 is 0 Å². The van der Waals surface area contributed by atoms with Crippen LogP contribution in [0.1, 0.15) is 55.6 Å². The van der Waals surface area contributed by atoms with Crippen LogP contribution in [0, 0.1) is 69.2 Å². The third kappa shape index (κ3) is 7.19. The summed E-state index contributed by atoms with van der Waals surface area (Å²) in [6.45, 7) is 26.5. The van der Waals surface area contributed by atoms with Crippen molar-refractivity contribution in [3.63, 3.8) is 0 Å². The average molecular weight is 672 g/mol. The summed E-state index contributed by atoms with van der Waals surface area (Å²) in [5.74, 6) is 0. The zero-order valence-corrected chi connectivity index (χ0v) is 32.4. The van der Waals surface area contributed by atoms with Crippen molar-refractivity contribution < 1.29 is 26.2 Å². The summed E-state index contributed by atoms with van der Waals surface area (Å²) in [5, 5.41) is 5.44. The van der Waals surface area contributed by atoms with Crippen molar-refractivity contribution in [3.05, 3.63) is 128 Å². The predicted octanol–water partition coefficient (Wildman–Crippen LogP) is 12.3. The molecule has 0 atom stereocenters. The molecule has 0 amide bonds. The Kier molecular flexibility index (Phi) is 12.2. The number of hydrogen-bond donors (Lipinski definition) is 0. The van der Waals surface area contributed by atoms with Gasteiger partial charge in [0.25, 0.3) is 0 Å². The smallest absolute Gasteiger partial charge is 0.165 e. The van der Waals surface area contributed by atoms with Crippen molar-refractivity contribution in [1.29, 1.82) is 0 Å². The van der Waals surface area contributed by atoms with Crippen LogP contribution in [0.5, 0.6) is 0 Å². The van der Waals surface area contributed by atoms with Crippen LogP contribution in [-0.4, -0.2) is 9.52 Å². The monoisotopic (exact) mass is 670 g/mol. The van der Waals surface area contributed by atoms with E-state index in [2.05, 4.69) is 155 Å². The van der Waals surface area contributed by atoms with Gasteiger partial charge >= 0.3 is 26.2 Å². The molecule has 44 heavy (non-hydrogen) atoms. The third-order valence-corrected chi connectivity index (χ3v) is 9.06. The topological polar surface area (TPSA) is 0 Å². The normalized spacial score (nSPS) is 10.6. The molecule has 224 valence electrons. The van der Waals surface area contributed by atoms with Gasteiger partial charge in [0.15, 0.2) is 0 Å². The Bertz CT molecular complexity index is 1720. The van der Waals surface area contributed by atoms with Gasteiger partial charge in [0.05, 0.1) is 0 Å². The summed E-state index contributed by atoms with van der Waals surface area (Å²) < 4.78 is 0. The molecule has 6 rings (SSSR count). The maximum absolute atomic E-state index is 2.31. The molecule has 0 aliphatic carbocycles. The summed E-state index contributed by atoms with van der Waals surface area (Å²) in [4.78, 5) is 0. The van der Waals surface area contributed by atoms with E-state index in [-0.39, 0.29) is 26.2 Å². The molecule has 0 heterocycles. The Morgan fingerprint density at radius 1 is 0.455 bits per heavy atom. The number of rotatable bonds is 2. The molecule has 0 unspecified atom stereocenters. The molecule has 0 saturated heterocycles. The van der Waals surface area contributed by atoms with Gasteiger partial charge in [-0.25, -0.2) is 0 Å². The van der Waals surface area contributed by atoms with Crippen LogP contribution in [0.4, 0.5) is 0 Å². The van der Waals surface area contributed by atoms with Gasteiger partial charge < -0.3 is 0 Å². The van der Waals surface area contributed by atoms with E-state index in [1.807, 2.05) is 0 Å². The molecular weight excluding hydrogens is 624 g/mol. The largest absolute Gasteiger partial charge is 2.00 e. The van der Waals surface area contributed by atoms with E-state index in [9.17, 15) is 0 Å². The standard InChI is InChI=1S/2C20H21.C2H6Si.Zr/c2*1-12-9-17-7-6-8-18(19(17)10-12)20-15(4)13(2)11-14(3)16(20)5;1-3-2;/h2*6-11H,1-5H3;1-2H3;/q2*-1;;+2. The molecule has 2 heteroatoms. The fraction of sp³-hybridized carbons (Fsp3) is 0.286. The summed E-state index contributed by atoms with van der Waals surface area (Å²) in [6, 6.07) is 27.0. The Morgan fingerprint density at radius 3 is 1.05 bits per heavy atom. The zero-order chi connectivity index (χ0) is 31.6. The molecule has 0 bridgehead atoms. The van der Waals surface area contributed by atoms with Gasteiger partial charge in [-0.3, -0.25) is 0 Å².